The summed E-state index contributed by atoms with van der Waals surface area (Å²) in [5, 5.41) is 7.94. The summed E-state index contributed by atoms with van der Waals surface area (Å²) in [6, 6.07) is -0.735. The van der Waals surface area contributed by atoms with Crippen molar-refractivity contribution in [3.63, 3.8) is 0 Å². The second-order valence-corrected chi connectivity index (χ2v) is 6.56. The van der Waals surface area contributed by atoms with Crippen molar-refractivity contribution in [1.82, 2.24) is 20.9 Å². The highest BCUT2D eigenvalue weighted by Gasteiger charge is 2.31. The van der Waals surface area contributed by atoms with Gasteiger partial charge in [-0.05, 0) is 46.6 Å². The third-order valence-corrected chi connectivity index (χ3v) is 4.44. The second kappa shape index (κ2) is 10.3. The summed E-state index contributed by atoms with van der Waals surface area (Å²) in [7, 11) is 0. The van der Waals surface area contributed by atoms with Gasteiger partial charge in [-0.3, -0.25) is 19.8 Å². The Morgan fingerprint density at radius 1 is 1.21 bits per heavy atom. The first kappa shape index (κ1) is 20.4. The van der Waals surface area contributed by atoms with Gasteiger partial charge in [0.25, 0.3) is 0 Å². The van der Waals surface area contributed by atoms with E-state index in [0.29, 0.717) is 13.1 Å². The summed E-state index contributed by atoms with van der Waals surface area (Å²) in [5.74, 6) is -0.365. The van der Waals surface area contributed by atoms with Gasteiger partial charge in [-0.2, -0.15) is 0 Å². The predicted molar refractivity (Wildman–Crippen MR) is 93.5 cm³/mol. The maximum atomic E-state index is 12.4. The predicted octanol–water partition coefficient (Wildman–Crippen LogP) is 1.24. The third-order valence-electron chi connectivity index (χ3n) is 4.44. The maximum absolute atomic E-state index is 12.4. The highest BCUT2D eigenvalue weighted by Crippen LogP contribution is 2.19. The van der Waals surface area contributed by atoms with E-state index in [4.69, 9.17) is 0 Å². The number of nitrogens with zero attached hydrogens (tertiary/aromatic N) is 1. The van der Waals surface area contributed by atoms with Crippen LogP contribution in [0.15, 0.2) is 0 Å². The van der Waals surface area contributed by atoms with Crippen molar-refractivity contribution in [3.05, 3.63) is 0 Å². The van der Waals surface area contributed by atoms with E-state index < -0.39 is 12.1 Å². The van der Waals surface area contributed by atoms with Crippen LogP contribution in [-0.2, 0) is 9.59 Å². The first-order valence-electron chi connectivity index (χ1n) is 9.02. The van der Waals surface area contributed by atoms with E-state index in [1.165, 1.54) is 0 Å². The second-order valence-electron chi connectivity index (χ2n) is 6.56. The molecule has 0 unspecified atom stereocenters. The van der Waals surface area contributed by atoms with Gasteiger partial charge >= 0.3 is 6.03 Å². The molecule has 4 amide bonds. The molecule has 1 aliphatic rings. The van der Waals surface area contributed by atoms with Crippen LogP contribution in [0.4, 0.5) is 4.79 Å². The molecular weight excluding hydrogens is 308 g/mol. The zero-order valence-electron chi connectivity index (χ0n) is 15.4. The molecule has 3 atom stereocenters. The van der Waals surface area contributed by atoms with E-state index in [0.717, 1.165) is 32.2 Å². The molecule has 7 heteroatoms. The minimum absolute atomic E-state index is 0.0667. The molecule has 1 rings (SSSR count). The lowest BCUT2D eigenvalue weighted by Gasteiger charge is -2.35. The number of likely N-dealkylation sites (tertiary alicyclic amines) is 1. The maximum Gasteiger partial charge on any atom is 0.321 e. The number of amides is 4. The van der Waals surface area contributed by atoms with E-state index in [2.05, 4.69) is 22.9 Å². The normalized spacial score (nSPS) is 20.8. The molecule has 7 nitrogen and oxygen atoms in total. The smallest absolute Gasteiger partial charge is 0.321 e. The molecule has 3 N–H and O–H groups in total. The van der Waals surface area contributed by atoms with Crippen LogP contribution in [0.25, 0.3) is 0 Å². The van der Waals surface area contributed by atoms with Crippen molar-refractivity contribution in [2.75, 3.05) is 19.6 Å². The Bertz CT molecular complexity index is 442. The number of carbonyl (C=O) groups excluding carboxylic acids is 3. The van der Waals surface area contributed by atoms with E-state index in [1.807, 2.05) is 11.8 Å². The largest absolute Gasteiger partial charge is 0.353 e. The zero-order valence-corrected chi connectivity index (χ0v) is 15.4. The number of rotatable bonds is 7. The Labute approximate surface area is 144 Å². The van der Waals surface area contributed by atoms with Gasteiger partial charge in [-0.15, -0.1) is 0 Å². The monoisotopic (exact) mass is 340 g/mol. The van der Waals surface area contributed by atoms with Crippen molar-refractivity contribution in [3.8, 4) is 0 Å². The summed E-state index contributed by atoms with van der Waals surface area (Å²) in [5.41, 5.74) is 0. The minimum atomic E-state index is -0.478. The number of carbonyl (C=O) groups is 3. The van der Waals surface area contributed by atoms with Crippen LogP contribution in [0.2, 0.25) is 0 Å². The van der Waals surface area contributed by atoms with Gasteiger partial charge in [0.2, 0.25) is 11.8 Å². The van der Waals surface area contributed by atoms with Crippen LogP contribution in [0.5, 0.6) is 0 Å². The van der Waals surface area contributed by atoms with Gasteiger partial charge in [0.1, 0.15) is 0 Å². The van der Waals surface area contributed by atoms with Gasteiger partial charge in [0.05, 0.1) is 12.0 Å². The molecule has 138 valence electrons. The highest BCUT2D eigenvalue weighted by atomic mass is 16.2. The summed E-state index contributed by atoms with van der Waals surface area (Å²) in [6.07, 6.45) is 3.72. The lowest BCUT2D eigenvalue weighted by Crippen LogP contribution is -2.53. The Morgan fingerprint density at radius 3 is 2.54 bits per heavy atom. The van der Waals surface area contributed by atoms with Gasteiger partial charge in [-0.1, -0.05) is 13.3 Å². The average Bonchev–Trinajstić information content (AvgIpc) is 2.54. The van der Waals surface area contributed by atoms with E-state index in [9.17, 15) is 14.4 Å². The van der Waals surface area contributed by atoms with Crippen molar-refractivity contribution >= 4 is 17.8 Å². The van der Waals surface area contributed by atoms with Crippen molar-refractivity contribution < 1.29 is 14.4 Å². The van der Waals surface area contributed by atoms with Crippen molar-refractivity contribution in [2.45, 2.75) is 65.5 Å². The van der Waals surface area contributed by atoms with Crippen LogP contribution in [-0.4, -0.2) is 54.5 Å². The molecule has 0 bridgehead atoms. The molecule has 24 heavy (non-hydrogen) atoms. The molecule has 1 fully saturated rings. The first-order valence-corrected chi connectivity index (χ1v) is 9.02. The molecule has 0 aromatic heterocycles. The summed E-state index contributed by atoms with van der Waals surface area (Å²) in [6.45, 7) is 9.46. The molecule has 0 radical (unpaired) electrons. The SMILES string of the molecule is CCC[C@H](C)NC(=O)[C@H]1CCCN([C@@H](C)C(=O)NC(=O)NCC)C1. The van der Waals surface area contributed by atoms with E-state index in [-0.39, 0.29) is 23.8 Å². The fourth-order valence-corrected chi connectivity index (χ4v) is 3.02. The molecule has 0 aromatic rings. The Balaban J connectivity index is 2.53. The van der Waals surface area contributed by atoms with Crippen LogP contribution < -0.4 is 16.0 Å². The Kier molecular flexibility index (Phi) is 8.74. The first-order chi connectivity index (χ1) is 11.4. The molecule has 0 aliphatic carbocycles. The number of piperidine rings is 1. The number of hydrogen-bond donors (Lipinski definition) is 3. The zero-order chi connectivity index (χ0) is 18.1. The lowest BCUT2D eigenvalue weighted by molar-refractivity contribution is -0.131. The third kappa shape index (κ3) is 6.47. The van der Waals surface area contributed by atoms with Crippen LogP contribution >= 0.6 is 0 Å². The van der Waals surface area contributed by atoms with Crippen molar-refractivity contribution in [2.24, 2.45) is 5.92 Å². The topological polar surface area (TPSA) is 90.5 Å². The Hall–Kier alpha value is -1.63. The number of nitrogens with one attached hydrogen (secondary N) is 3. The van der Waals surface area contributed by atoms with Gasteiger partial charge in [-0.25, -0.2) is 4.79 Å². The summed E-state index contributed by atoms with van der Waals surface area (Å²) >= 11 is 0. The number of urea groups is 1. The standard InChI is InChI=1S/C17H32N4O3/c1-5-8-12(3)19-16(23)14-9-7-10-21(11-14)13(4)15(22)20-17(24)18-6-2/h12-14H,5-11H2,1-4H3,(H,19,23)(H2,18,20,22,24)/t12-,13-,14-/m0/s1. The minimum Gasteiger partial charge on any atom is -0.353 e. The summed E-state index contributed by atoms with van der Waals surface area (Å²) in [4.78, 5) is 38.0. The number of imide groups is 1. The molecule has 0 aromatic carbocycles. The van der Waals surface area contributed by atoms with E-state index in [1.54, 1.807) is 13.8 Å². The molecule has 1 saturated heterocycles. The highest BCUT2D eigenvalue weighted by molar-refractivity contribution is 5.96. The molecular formula is C17H32N4O3. The van der Waals surface area contributed by atoms with Crippen LogP contribution in [0, 0.1) is 5.92 Å². The summed E-state index contributed by atoms with van der Waals surface area (Å²) < 4.78 is 0. The quantitative estimate of drug-likeness (QED) is 0.650. The average molecular weight is 340 g/mol. The number of hydrogen-bond acceptors (Lipinski definition) is 4. The molecule has 1 aliphatic heterocycles. The Morgan fingerprint density at radius 2 is 1.92 bits per heavy atom. The lowest BCUT2D eigenvalue weighted by atomic mass is 9.95. The van der Waals surface area contributed by atoms with Gasteiger partial charge in [0.15, 0.2) is 0 Å². The molecule has 0 spiro atoms. The fourth-order valence-electron chi connectivity index (χ4n) is 3.02. The van der Waals surface area contributed by atoms with Gasteiger partial charge in [0, 0.05) is 19.1 Å². The van der Waals surface area contributed by atoms with Crippen LogP contribution in [0.3, 0.4) is 0 Å². The van der Waals surface area contributed by atoms with E-state index >= 15 is 0 Å². The van der Waals surface area contributed by atoms with Gasteiger partial charge < -0.3 is 10.6 Å². The van der Waals surface area contributed by atoms with Crippen molar-refractivity contribution in [1.29, 1.82) is 0 Å². The van der Waals surface area contributed by atoms with Crippen LogP contribution in [0.1, 0.15) is 53.4 Å². The molecule has 1 heterocycles. The fraction of sp³-hybridized carbons (Fsp3) is 0.824. The molecule has 0 saturated carbocycles.